The predicted molar refractivity (Wildman–Crippen MR) is 49.5 cm³/mol. The van der Waals surface area contributed by atoms with Crippen molar-refractivity contribution in [3.8, 4) is 0 Å². The third kappa shape index (κ3) is 1.91. The van der Waals surface area contributed by atoms with Crippen molar-refractivity contribution in [2.45, 2.75) is 31.7 Å². The van der Waals surface area contributed by atoms with Gasteiger partial charge in [-0.1, -0.05) is 0 Å². The first-order valence-electron chi connectivity index (χ1n) is 4.92. The van der Waals surface area contributed by atoms with Gasteiger partial charge in [-0.2, -0.15) is 0 Å². The molecule has 2 bridgehead atoms. The monoisotopic (exact) mass is 181 g/mol. The largest absolute Gasteiger partial charge is 0.478 e. The third-order valence-electron chi connectivity index (χ3n) is 3.11. The van der Waals surface area contributed by atoms with Crippen LogP contribution in [0.4, 0.5) is 0 Å². The van der Waals surface area contributed by atoms with E-state index in [0.717, 1.165) is 30.9 Å². The van der Waals surface area contributed by atoms with Crippen LogP contribution in [0.3, 0.4) is 0 Å². The summed E-state index contributed by atoms with van der Waals surface area (Å²) >= 11 is 0. The predicted octanol–water partition coefficient (Wildman–Crippen LogP) is 1.16. The second-order valence-corrected chi connectivity index (χ2v) is 3.99. The molecule has 2 fully saturated rings. The highest BCUT2D eigenvalue weighted by Crippen LogP contribution is 2.33. The van der Waals surface area contributed by atoms with Crippen molar-refractivity contribution in [3.05, 3.63) is 11.6 Å². The molecule has 2 aliphatic rings. The van der Waals surface area contributed by atoms with Crippen LogP contribution in [0.15, 0.2) is 11.6 Å². The van der Waals surface area contributed by atoms with Gasteiger partial charge in [0, 0.05) is 12.1 Å². The van der Waals surface area contributed by atoms with Crippen LogP contribution in [0.2, 0.25) is 0 Å². The molecule has 0 aromatic rings. The van der Waals surface area contributed by atoms with Gasteiger partial charge in [-0.05, 0) is 43.7 Å². The second kappa shape index (κ2) is 3.50. The molecule has 1 heterocycles. The first-order chi connectivity index (χ1) is 6.25. The quantitative estimate of drug-likeness (QED) is 0.597. The summed E-state index contributed by atoms with van der Waals surface area (Å²) in [4.78, 5) is 10.5. The van der Waals surface area contributed by atoms with Crippen LogP contribution in [0.1, 0.15) is 25.7 Å². The molecule has 2 atom stereocenters. The van der Waals surface area contributed by atoms with Gasteiger partial charge >= 0.3 is 5.97 Å². The van der Waals surface area contributed by atoms with Gasteiger partial charge in [0.15, 0.2) is 0 Å². The number of carboxylic acids is 1. The molecule has 3 heteroatoms. The van der Waals surface area contributed by atoms with E-state index in [0.29, 0.717) is 6.04 Å². The molecule has 0 aromatic heterocycles. The Morgan fingerprint density at radius 3 is 3.15 bits per heavy atom. The van der Waals surface area contributed by atoms with E-state index in [1.54, 1.807) is 0 Å². The normalized spacial score (nSPS) is 36.2. The Morgan fingerprint density at radius 2 is 2.38 bits per heavy atom. The van der Waals surface area contributed by atoms with Crippen molar-refractivity contribution in [2.75, 3.05) is 6.54 Å². The zero-order valence-electron chi connectivity index (χ0n) is 7.62. The van der Waals surface area contributed by atoms with Crippen LogP contribution in [-0.2, 0) is 4.79 Å². The van der Waals surface area contributed by atoms with E-state index in [-0.39, 0.29) is 0 Å². The summed E-state index contributed by atoms with van der Waals surface area (Å²) < 4.78 is 0. The van der Waals surface area contributed by atoms with Crippen LogP contribution in [0.5, 0.6) is 0 Å². The standard InChI is InChI=1S/C10H15NO2/c12-10(13)6-8-2-1-7-3-4-11-9(8)5-7/h6-7,9,11H,1-5H2,(H,12,13)/b8-6-. The number of hydrogen-bond acceptors (Lipinski definition) is 2. The van der Waals surface area contributed by atoms with Crippen molar-refractivity contribution >= 4 is 5.97 Å². The van der Waals surface area contributed by atoms with Crippen LogP contribution < -0.4 is 5.32 Å². The summed E-state index contributed by atoms with van der Waals surface area (Å²) in [6.45, 7) is 1.05. The van der Waals surface area contributed by atoms with Crippen molar-refractivity contribution in [1.29, 1.82) is 0 Å². The lowest BCUT2D eigenvalue weighted by molar-refractivity contribution is -0.131. The lowest BCUT2D eigenvalue weighted by Gasteiger charge is -2.37. The lowest BCUT2D eigenvalue weighted by Crippen LogP contribution is -2.42. The van der Waals surface area contributed by atoms with Crippen LogP contribution >= 0.6 is 0 Å². The van der Waals surface area contributed by atoms with Gasteiger partial charge in [0.05, 0.1) is 0 Å². The Kier molecular flexibility index (Phi) is 2.36. The molecule has 0 amide bonds. The fourth-order valence-corrected chi connectivity index (χ4v) is 2.42. The van der Waals surface area contributed by atoms with E-state index in [2.05, 4.69) is 5.32 Å². The zero-order valence-corrected chi connectivity index (χ0v) is 7.62. The van der Waals surface area contributed by atoms with Gasteiger partial charge < -0.3 is 10.4 Å². The number of rotatable bonds is 1. The molecule has 1 saturated heterocycles. The van der Waals surface area contributed by atoms with E-state index in [1.165, 1.54) is 18.9 Å². The van der Waals surface area contributed by atoms with Gasteiger partial charge in [-0.3, -0.25) is 0 Å². The molecule has 2 N–H and O–H groups in total. The Morgan fingerprint density at radius 1 is 1.54 bits per heavy atom. The Balaban J connectivity index is 2.09. The maximum atomic E-state index is 10.5. The summed E-state index contributed by atoms with van der Waals surface area (Å²) in [6.07, 6.45) is 5.93. The SMILES string of the molecule is O=C(O)/C=C1/CCC2CCNC1C2. The average molecular weight is 181 g/mol. The first-order valence-corrected chi connectivity index (χ1v) is 4.92. The zero-order chi connectivity index (χ0) is 9.26. The van der Waals surface area contributed by atoms with Crippen molar-refractivity contribution in [1.82, 2.24) is 5.32 Å². The smallest absolute Gasteiger partial charge is 0.328 e. The molecule has 13 heavy (non-hydrogen) atoms. The average Bonchev–Trinajstić information content (AvgIpc) is 2.10. The number of carbonyl (C=O) groups is 1. The van der Waals surface area contributed by atoms with Gasteiger partial charge in [0.25, 0.3) is 0 Å². The Labute approximate surface area is 77.8 Å². The maximum Gasteiger partial charge on any atom is 0.328 e. The minimum absolute atomic E-state index is 0.351. The number of hydrogen-bond donors (Lipinski definition) is 2. The van der Waals surface area contributed by atoms with Crippen LogP contribution in [-0.4, -0.2) is 23.7 Å². The highest BCUT2D eigenvalue weighted by atomic mass is 16.4. The Hall–Kier alpha value is -0.830. The molecule has 1 saturated carbocycles. The van der Waals surface area contributed by atoms with Crippen molar-refractivity contribution < 1.29 is 9.90 Å². The van der Waals surface area contributed by atoms with Gasteiger partial charge in [-0.15, -0.1) is 0 Å². The summed E-state index contributed by atoms with van der Waals surface area (Å²) in [6, 6.07) is 0.351. The van der Waals surface area contributed by atoms with Crippen LogP contribution in [0.25, 0.3) is 0 Å². The highest BCUT2D eigenvalue weighted by Gasteiger charge is 2.29. The fraction of sp³-hybridized carbons (Fsp3) is 0.700. The molecular formula is C10H15NO2. The molecule has 0 aromatic carbocycles. The van der Waals surface area contributed by atoms with Gasteiger partial charge in [0.1, 0.15) is 0 Å². The molecule has 1 aliphatic carbocycles. The van der Waals surface area contributed by atoms with Crippen LogP contribution in [0, 0.1) is 5.92 Å². The molecule has 2 rings (SSSR count). The minimum atomic E-state index is -0.805. The summed E-state index contributed by atoms with van der Waals surface area (Å²) in [7, 11) is 0. The lowest BCUT2D eigenvalue weighted by atomic mass is 9.78. The van der Waals surface area contributed by atoms with E-state index in [4.69, 9.17) is 5.11 Å². The number of piperidine rings is 1. The number of carboxylic acid groups (broad SMARTS) is 1. The highest BCUT2D eigenvalue weighted by molar-refractivity contribution is 5.81. The molecular weight excluding hydrogens is 166 g/mol. The second-order valence-electron chi connectivity index (χ2n) is 3.99. The van der Waals surface area contributed by atoms with Gasteiger partial charge in [0.2, 0.25) is 0 Å². The molecule has 3 nitrogen and oxygen atoms in total. The summed E-state index contributed by atoms with van der Waals surface area (Å²) in [5.74, 6) is 0.0259. The van der Waals surface area contributed by atoms with E-state index < -0.39 is 5.97 Å². The molecule has 0 spiro atoms. The Bertz CT molecular complexity index is 247. The summed E-state index contributed by atoms with van der Waals surface area (Å²) in [5, 5.41) is 12.0. The molecule has 1 aliphatic heterocycles. The number of fused-ring (bicyclic) bond motifs is 2. The third-order valence-corrected chi connectivity index (χ3v) is 3.11. The minimum Gasteiger partial charge on any atom is -0.478 e. The molecule has 72 valence electrons. The fourth-order valence-electron chi connectivity index (χ4n) is 2.42. The van der Waals surface area contributed by atoms with Gasteiger partial charge in [-0.25, -0.2) is 4.79 Å². The van der Waals surface area contributed by atoms with Crippen molar-refractivity contribution in [3.63, 3.8) is 0 Å². The van der Waals surface area contributed by atoms with Crippen molar-refractivity contribution in [2.24, 2.45) is 5.92 Å². The first kappa shape index (κ1) is 8.75. The van der Waals surface area contributed by atoms with E-state index in [9.17, 15) is 4.79 Å². The topological polar surface area (TPSA) is 49.3 Å². The maximum absolute atomic E-state index is 10.5. The number of nitrogens with one attached hydrogen (secondary N) is 1. The summed E-state index contributed by atoms with van der Waals surface area (Å²) in [5.41, 5.74) is 1.09. The molecule has 2 unspecified atom stereocenters. The van der Waals surface area contributed by atoms with E-state index >= 15 is 0 Å². The van der Waals surface area contributed by atoms with E-state index in [1.807, 2.05) is 0 Å². The number of aliphatic carboxylic acids is 1. The molecule has 0 radical (unpaired) electrons.